The van der Waals surface area contributed by atoms with Gasteiger partial charge in [0.2, 0.25) is 0 Å². The summed E-state index contributed by atoms with van der Waals surface area (Å²) in [5.74, 6) is 0.320. The van der Waals surface area contributed by atoms with E-state index in [1.54, 1.807) is 0 Å². The molecule has 1 atom stereocenters. The molecule has 0 bridgehead atoms. The van der Waals surface area contributed by atoms with Gasteiger partial charge < -0.3 is 9.57 Å². The molecule has 1 saturated heterocycles. The highest BCUT2D eigenvalue weighted by Crippen LogP contribution is 2.24. The first-order valence-corrected chi connectivity index (χ1v) is 8.67. The number of nitrogens with zero attached hydrogens (tertiary/aromatic N) is 3. The SMILES string of the molecule is [C-]#[N+]c1ccc(C2=NOC(CN3CCC(CC(=O)OC)CC3)C2)cc1. The molecular weight excluding hydrogens is 318 g/mol. The Balaban J connectivity index is 1.44. The van der Waals surface area contributed by atoms with Gasteiger partial charge in [-0.1, -0.05) is 29.4 Å². The van der Waals surface area contributed by atoms with Gasteiger partial charge in [0.25, 0.3) is 0 Å². The summed E-state index contributed by atoms with van der Waals surface area (Å²) < 4.78 is 4.75. The van der Waals surface area contributed by atoms with Crippen molar-refractivity contribution in [3.63, 3.8) is 0 Å². The average Bonchev–Trinajstić information content (AvgIpc) is 3.12. The number of methoxy groups -OCH3 is 1. The fraction of sp³-hybridized carbons (Fsp3) is 0.526. The van der Waals surface area contributed by atoms with E-state index < -0.39 is 0 Å². The lowest BCUT2D eigenvalue weighted by Gasteiger charge is -2.32. The first kappa shape index (κ1) is 17.4. The number of ether oxygens (including phenoxy) is 1. The Morgan fingerprint density at radius 1 is 1.36 bits per heavy atom. The molecule has 6 nitrogen and oxygen atoms in total. The van der Waals surface area contributed by atoms with Crippen LogP contribution in [0, 0.1) is 12.5 Å². The molecular formula is C19H23N3O3. The molecule has 6 heteroatoms. The lowest BCUT2D eigenvalue weighted by Crippen LogP contribution is -2.39. The predicted molar refractivity (Wildman–Crippen MR) is 94.5 cm³/mol. The molecule has 0 N–H and O–H groups in total. The van der Waals surface area contributed by atoms with Gasteiger partial charge in [0.05, 0.1) is 19.4 Å². The molecule has 2 aliphatic rings. The van der Waals surface area contributed by atoms with Crippen LogP contribution in [0.25, 0.3) is 4.85 Å². The molecule has 1 fully saturated rings. The van der Waals surface area contributed by atoms with E-state index in [9.17, 15) is 4.79 Å². The normalized spacial score (nSPS) is 21.3. The van der Waals surface area contributed by atoms with Crippen molar-refractivity contribution in [1.82, 2.24) is 4.90 Å². The lowest BCUT2D eigenvalue weighted by atomic mass is 9.93. The molecule has 0 spiro atoms. The second-order valence-corrected chi connectivity index (χ2v) is 6.65. The topological polar surface area (TPSA) is 55.5 Å². The zero-order valence-electron chi connectivity index (χ0n) is 14.5. The molecule has 2 aliphatic heterocycles. The number of likely N-dealkylation sites (tertiary alicyclic amines) is 1. The van der Waals surface area contributed by atoms with Crippen molar-refractivity contribution in [2.24, 2.45) is 11.1 Å². The maximum Gasteiger partial charge on any atom is 0.305 e. The number of carbonyl (C=O) groups is 1. The molecule has 0 saturated carbocycles. The van der Waals surface area contributed by atoms with Crippen LogP contribution in [0.2, 0.25) is 0 Å². The third-order valence-electron chi connectivity index (χ3n) is 4.91. The molecule has 1 unspecified atom stereocenters. The van der Waals surface area contributed by atoms with Gasteiger partial charge in [-0.2, -0.15) is 0 Å². The van der Waals surface area contributed by atoms with Crippen LogP contribution in [0.3, 0.4) is 0 Å². The summed E-state index contributed by atoms with van der Waals surface area (Å²) in [4.78, 5) is 22.8. The Labute approximate surface area is 148 Å². The summed E-state index contributed by atoms with van der Waals surface area (Å²) in [5, 5.41) is 4.23. The fourth-order valence-electron chi connectivity index (χ4n) is 3.41. The molecule has 0 aromatic heterocycles. The van der Waals surface area contributed by atoms with E-state index in [-0.39, 0.29) is 12.1 Å². The summed E-state index contributed by atoms with van der Waals surface area (Å²) in [6, 6.07) is 7.47. The molecule has 2 heterocycles. The van der Waals surface area contributed by atoms with Crippen molar-refractivity contribution in [3.05, 3.63) is 41.2 Å². The fourth-order valence-corrected chi connectivity index (χ4v) is 3.41. The Morgan fingerprint density at radius 2 is 2.08 bits per heavy atom. The highest BCUT2D eigenvalue weighted by atomic mass is 16.6. The minimum atomic E-state index is -0.111. The van der Waals surface area contributed by atoms with E-state index >= 15 is 0 Å². The van der Waals surface area contributed by atoms with Crippen molar-refractivity contribution in [2.75, 3.05) is 26.7 Å². The first-order valence-electron chi connectivity index (χ1n) is 8.67. The van der Waals surface area contributed by atoms with E-state index in [1.165, 1.54) is 7.11 Å². The van der Waals surface area contributed by atoms with Crippen LogP contribution < -0.4 is 0 Å². The summed E-state index contributed by atoms with van der Waals surface area (Å²) >= 11 is 0. The van der Waals surface area contributed by atoms with E-state index in [2.05, 4.69) is 14.9 Å². The van der Waals surface area contributed by atoms with Crippen molar-refractivity contribution in [2.45, 2.75) is 31.8 Å². The number of hydrogen-bond acceptors (Lipinski definition) is 5. The van der Waals surface area contributed by atoms with Gasteiger partial charge in [-0.25, -0.2) is 4.85 Å². The van der Waals surface area contributed by atoms with Crippen LogP contribution in [0.15, 0.2) is 29.4 Å². The summed E-state index contributed by atoms with van der Waals surface area (Å²) in [7, 11) is 1.45. The van der Waals surface area contributed by atoms with Crippen molar-refractivity contribution in [3.8, 4) is 0 Å². The zero-order chi connectivity index (χ0) is 17.6. The van der Waals surface area contributed by atoms with E-state index in [4.69, 9.17) is 16.1 Å². The minimum absolute atomic E-state index is 0.0766. The van der Waals surface area contributed by atoms with Gasteiger partial charge >= 0.3 is 5.97 Å². The molecule has 132 valence electrons. The van der Waals surface area contributed by atoms with Gasteiger partial charge in [-0.15, -0.1) is 0 Å². The average molecular weight is 341 g/mol. The maximum atomic E-state index is 11.4. The second kappa shape index (κ2) is 8.13. The third kappa shape index (κ3) is 4.58. The van der Waals surface area contributed by atoms with Crippen molar-refractivity contribution in [1.29, 1.82) is 0 Å². The Hall–Kier alpha value is -2.39. The van der Waals surface area contributed by atoms with E-state index in [1.807, 2.05) is 24.3 Å². The molecule has 0 amide bonds. The van der Waals surface area contributed by atoms with E-state index in [0.717, 1.165) is 50.2 Å². The molecule has 3 rings (SSSR count). The van der Waals surface area contributed by atoms with Crippen LogP contribution >= 0.6 is 0 Å². The maximum absolute atomic E-state index is 11.4. The monoisotopic (exact) mass is 341 g/mol. The number of piperidine rings is 1. The first-order chi connectivity index (χ1) is 12.2. The number of benzene rings is 1. The number of hydrogen-bond donors (Lipinski definition) is 0. The zero-order valence-corrected chi connectivity index (χ0v) is 14.5. The summed E-state index contributed by atoms with van der Waals surface area (Å²) in [5.41, 5.74) is 2.60. The number of oxime groups is 1. The minimum Gasteiger partial charge on any atom is -0.469 e. The van der Waals surface area contributed by atoms with Crippen LogP contribution in [0.4, 0.5) is 5.69 Å². The second-order valence-electron chi connectivity index (χ2n) is 6.65. The molecule has 0 radical (unpaired) electrons. The Kier molecular flexibility index (Phi) is 5.67. The quantitative estimate of drug-likeness (QED) is 0.610. The third-order valence-corrected chi connectivity index (χ3v) is 4.91. The van der Waals surface area contributed by atoms with Gasteiger partial charge in [-0.05, 0) is 37.4 Å². The molecule has 1 aromatic carbocycles. The molecule has 25 heavy (non-hydrogen) atoms. The molecule has 1 aromatic rings. The largest absolute Gasteiger partial charge is 0.469 e. The predicted octanol–water partition coefficient (Wildman–Crippen LogP) is 3.01. The van der Waals surface area contributed by atoms with E-state index in [0.29, 0.717) is 18.0 Å². The van der Waals surface area contributed by atoms with Crippen LogP contribution in [0.5, 0.6) is 0 Å². The van der Waals surface area contributed by atoms with Gasteiger partial charge in [-0.3, -0.25) is 9.69 Å². The van der Waals surface area contributed by atoms with Crippen molar-refractivity contribution < 1.29 is 14.4 Å². The number of rotatable bonds is 5. The van der Waals surface area contributed by atoms with Crippen molar-refractivity contribution >= 4 is 17.4 Å². The smallest absolute Gasteiger partial charge is 0.305 e. The Bertz CT molecular complexity index is 670. The highest BCUT2D eigenvalue weighted by Gasteiger charge is 2.27. The highest BCUT2D eigenvalue weighted by molar-refractivity contribution is 6.01. The van der Waals surface area contributed by atoms with Crippen LogP contribution in [-0.2, 0) is 14.4 Å². The standard InChI is InChI=1S/C19H23N3O3/c1-20-16-5-3-15(4-6-16)18-12-17(25-21-18)13-22-9-7-14(8-10-22)11-19(23)24-2/h3-6,14,17H,7-13H2,2H3. The van der Waals surface area contributed by atoms with Gasteiger partial charge in [0, 0.05) is 19.4 Å². The Morgan fingerprint density at radius 3 is 2.72 bits per heavy atom. The number of esters is 1. The lowest BCUT2D eigenvalue weighted by molar-refractivity contribution is -0.142. The van der Waals surface area contributed by atoms with Crippen LogP contribution in [-0.4, -0.2) is 49.4 Å². The van der Waals surface area contributed by atoms with Gasteiger partial charge in [0.15, 0.2) is 5.69 Å². The van der Waals surface area contributed by atoms with Crippen LogP contribution in [0.1, 0.15) is 31.2 Å². The summed E-state index contributed by atoms with van der Waals surface area (Å²) in [6.45, 7) is 9.82. The summed E-state index contributed by atoms with van der Waals surface area (Å²) in [6.07, 6.45) is 3.44. The number of carbonyl (C=O) groups excluding carboxylic acids is 1. The van der Waals surface area contributed by atoms with Gasteiger partial charge in [0.1, 0.15) is 6.10 Å². The molecule has 0 aliphatic carbocycles.